The second-order valence-electron chi connectivity index (χ2n) is 6.42. The van der Waals surface area contributed by atoms with Crippen LogP contribution in [0.1, 0.15) is 26.6 Å². The van der Waals surface area contributed by atoms with Gasteiger partial charge in [0.05, 0.1) is 22.8 Å². The quantitative estimate of drug-likeness (QED) is 0.708. The minimum atomic E-state index is -0.000594. The number of anilines is 2. The lowest BCUT2D eigenvalue weighted by molar-refractivity contribution is 0.0989. The topological polar surface area (TPSA) is 49.3 Å². The second kappa shape index (κ2) is 6.88. The summed E-state index contributed by atoms with van der Waals surface area (Å²) in [5.41, 5.74) is 3.84. The number of amides is 1. The molecule has 0 aliphatic carbocycles. The predicted octanol–water partition coefficient (Wildman–Crippen LogP) is 3.69. The second-order valence-corrected chi connectivity index (χ2v) is 7.49. The lowest BCUT2D eigenvalue weighted by Gasteiger charge is -2.23. The van der Waals surface area contributed by atoms with Crippen molar-refractivity contribution in [2.75, 3.05) is 23.4 Å². The van der Waals surface area contributed by atoms with Crippen LogP contribution in [-0.2, 0) is 13.0 Å². The number of benzene rings is 1. The van der Waals surface area contributed by atoms with E-state index in [1.54, 1.807) is 17.5 Å². The summed E-state index contributed by atoms with van der Waals surface area (Å²) < 4.78 is 0. The number of carbonyl (C=O) groups is 1. The molecule has 0 saturated carbocycles. The molecule has 0 spiro atoms. The normalized spacial score (nSPS) is 12.9. The Bertz CT molecular complexity index is 952. The Hall–Kier alpha value is -2.73. The summed E-state index contributed by atoms with van der Waals surface area (Å²) in [6.45, 7) is 3.33. The molecular formula is C20H20N4OS. The molecular weight excluding hydrogens is 344 g/mol. The molecule has 5 nitrogen and oxygen atoms in total. The van der Waals surface area contributed by atoms with Gasteiger partial charge >= 0.3 is 0 Å². The van der Waals surface area contributed by atoms with E-state index in [1.165, 1.54) is 5.56 Å². The first kappa shape index (κ1) is 16.7. The number of hydrogen-bond donors (Lipinski definition) is 0. The highest BCUT2D eigenvalue weighted by molar-refractivity contribution is 7.09. The number of hydrogen-bond acceptors (Lipinski definition) is 5. The summed E-state index contributed by atoms with van der Waals surface area (Å²) in [7, 11) is 1.95. The van der Waals surface area contributed by atoms with E-state index >= 15 is 0 Å². The van der Waals surface area contributed by atoms with Gasteiger partial charge in [-0.15, -0.1) is 11.3 Å². The standard InChI is InChI=1S/C20H20N4OS/c1-14-22-16(13-26-14)12-23(2)19-17(7-5-10-21-19)20(25)24-11-9-15-6-3-4-8-18(15)24/h3-8,10,13H,9,11-12H2,1-2H3. The van der Waals surface area contributed by atoms with Crippen LogP contribution < -0.4 is 9.80 Å². The molecule has 0 atom stereocenters. The molecule has 0 fully saturated rings. The van der Waals surface area contributed by atoms with Crippen LogP contribution in [0.5, 0.6) is 0 Å². The van der Waals surface area contributed by atoms with E-state index in [2.05, 4.69) is 16.0 Å². The minimum absolute atomic E-state index is 0.000594. The van der Waals surface area contributed by atoms with Crippen molar-refractivity contribution in [3.05, 3.63) is 69.8 Å². The maximum atomic E-state index is 13.2. The third-order valence-corrected chi connectivity index (χ3v) is 5.40. The van der Waals surface area contributed by atoms with Gasteiger partial charge in [0.1, 0.15) is 5.82 Å². The van der Waals surface area contributed by atoms with Crippen molar-refractivity contribution in [1.82, 2.24) is 9.97 Å². The van der Waals surface area contributed by atoms with Crippen LogP contribution in [0.15, 0.2) is 48.0 Å². The van der Waals surface area contributed by atoms with Gasteiger partial charge in [-0.3, -0.25) is 4.79 Å². The molecule has 0 saturated heterocycles. The van der Waals surface area contributed by atoms with Crippen LogP contribution in [0.2, 0.25) is 0 Å². The lowest BCUT2D eigenvalue weighted by atomic mass is 10.1. The van der Waals surface area contributed by atoms with Crippen molar-refractivity contribution in [1.29, 1.82) is 0 Å². The summed E-state index contributed by atoms with van der Waals surface area (Å²) in [6, 6.07) is 11.8. The molecule has 6 heteroatoms. The Balaban J connectivity index is 1.62. The van der Waals surface area contributed by atoms with Gasteiger partial charge in [-0.2, -0.15) is 0 Å². The number of thiazole rings is 1. The Morgan fingerprint density at radius 1 is 1.27 bits per heavy atom. The van der Waals surface area contributed by atoms with Crippen molar-refractivity contribution < 1.29 is 4.79 Å². The van der Waals surface area contributed by atoms with Crippen molar-refractivity contribution in [2.24, 2.45) is 0 Å². The Labute approximate surface area is 156 Å². The number of rotatable bonds is 4. The number of pyridine rings is 1. The molecule has 0 N–H and O–H groups in total. The number of aromatic nitrogens is 2. The van der Waals surface area contributed by atoms with E-state index < -0.39 is 0 Å². The van der Waals surface area contributed by atoms with Gasteiger partial charge in [-0.05, 0) is 37.1 Å². The number of carbonyl (C=O) groups excluding carboxylic acids is 1. The fraction of sp³-hybridized carbons (Fsp3) is 0.250. The van der Waals surface area contributed by atoms with E-state index in [0.717, 1.165) is 22.8 Å². The van der Waals surface area contributed by atoms with Gasteiger partial charge in [0.25, 0.3) is 5.91 Å². The van der Waals surface area contributed by atoms with Crippen molar-refractivity contribution in [3.8, 4) is 0 Å². The molecule has 0 unspecified atom stereocenters. The highest BCUT2D eigenvalue weighted by Crippen LogP contribution is 2.30. The molecule has 0 radical (unpaired) electrons. The van der Waals surface area contributed by atoms with Crippen LogP contribution in [0.3, 0.4) is 0 Å². The Morgan fingerprint density at radius 3 is 2.92 bits per heavy atom. The van der Waals surface area contributed by atoms with Crippen LogP contribution in [-0.4, -0.2) is 29.5 Å². The fourth-order valence-corrected chi connectivity index (χ4v) is 3.97. The van der Waals surface area contributed by atoms with E-state index in [9.17, 15) is 4.79 Å². The SMILES string of the molecule is Cc1nc(CN(C)c2ncccc2C(=O)N2CCc3ccccc32)cs1. The predicted molar refractivity (Wildman–Crippen MR) is 105 cm³/mol. The smallest absolute Gasteiger partial charge is 0.262 e. The van der Waals surface area contributed by atoms with Crippen LogP contribution in [0, 0.1) is 6.92 Å². The van der Waals surface area contributed by atoms with Gasteiger partial charge in [-0.1, -0.05) is 18.2 Å². The molecule has 1 amide bonds. The van der Waals surface area contributed by atoms with E-state index in [-0.39, 0.29) is 5.91 Å². The average Bonchev–Trinajstić information content (AvgIpc) is 3.27. The highest BCUT2D eigenvalue weighted by Gasteiger charge is 2.27. The summed E-state index contributed by atoms with van der Waals surface area (Å²) >= 11 is 1.63. The van der Waals surface area contributed by atoms with Crippen LogP contribution in [0.25, 0.3) is 0 Å². The first-order chi connectivity index (χ1) is 12.6. The number of nitrogens with zero attached hydrogens (tertiary/aromatic N) is 4. The first-order valence-corrected chi connectivity index (χ1v) is 9.48. The summed E-state index contributed by atoms with van der Waals surface area (Å²) in [5.74, 6) is 0.687. The van der Waals surface area contributed by atoms with Gasteiger partial charge in [-0.25, -0.2) is 9.97 Å². The van der Waals surface area contributed by atoms with Gasteiger partial charge in [0.2, 0.25) is 0 Å². The number of aryl methyl sites for hydroxylation is 1. The maximum Gasteiger partial charge on any atom is 0.262 e. The van der Waals surface area contributed by atoms with Crippen LogP contribution in [0.4, 0.5) is 11.5 Å². The van der Waals surface area contributed by atoms with E-state index in [4.69, 9.17) is 0 Å². The molecule has 3 heterocycles. The Kier molecular flexibility index (Phi) is 4.42. The van der Waals surface area contributed by atoms with E-state index in [0.29, 0.717) is 24.5 Å². The molecule has 4 rings (SSSR count). The minimum Gasteiger partial charge on any atom is -0.353 e. The fourth-order valence-electron chi connectivity index (χ4n) is 3.36. The van der Waals surface area contributed by atoms with Gasteiger partial charge in [0, 0.05) is 30.9 Å². The lowest BCUT2D eigenvalue weighted by Crippen LogP contribution is -2.31. The van der Waals surface area contributed by atoms with Crippen molar-refractivity contribution in [3.63, 3.8) is 0 Å². The highest BCUT2D eigenvalue weighted by atomic mass is 32.1. The first-order valence-electron chi connectivity index (χ1n) is 8.60. The molecule has 26 heavy (non-hydrogen) atoms. The largest absolute Gasteiger partial charge is 0.353 e. The molecule has 1 aliphatic heterocycles. The molecule has 1 aromatic carbocycles. The van der Waals surface area contributed by atoms with Crippen LogP contribution >= 0.6 is 11.3 Å². The number of fused-ring (bicyclic) bond motifs is 1. The zero-order chi connectivity index (χ0) is 18.1. The van der Waals surface area contributed by atoms with E-state index in [1.807, 2.05) is 59.5 Å². The van der Waals surface area contributed by atoms with Crippen molar-refractivity contribution in [2.45, 2.75) is 19.9 Å². The zero-order valence-electron chi connectivity index (χ0n) is 14.8. The zero-order valence-corrected chi connectivity index (χ0v) is 15.7. The third kappa shape index (κ3) is 3.08. The van der Waals surface area contributed by atoms with Crippen molar-refractivity contribution >= 4 is 28.7 Å². The number of para-hydroxylation sites is 1. The average molecular weight is 364 g/mol. The molecule has 3 aromatic rings. The molecule has 1 aliphatic rings. The summed E-state index contributed by atoms with van der Waals surface area (Å²) in [5, 5.41) is 3.09. The monoisotopic (exact) mass is 364 g/mol. The molecule has 132 valence electrons. The van der Waals surface area contributed by atoms with Gasteiger partial charge in [0.15, 0.2) is 0 Å². The summed E-state index contributed by atoms with van der Waals surface area (Å²) in [6.07, 6.45) is 2.62. The van der Waals surface area contributed by atoms with Gasteiger partial charge < -0.3 is 9.80 Å². The summed E-state index contributed by atoms with van der Waals surface area (Å²) in [4.78, 5) is 26.1. The third-order valence-electron chi connectivity index (χ3n) is 4.58. The molecule has 2 aromatic heterocycles. The maximum absolute atomic E-state index is 13.2. The molecule has 0 bridgehead atoms. The Morgan fingerprint density at radius 2 is 2.12 bits per heavy atom.